The van der Waals surface area contributed by atoms with Crippen molar-refractivity contribution in [1.29, 1.82) is 0 Å². The van der Waals surface area contributed by atoms with Crippen molar-refractivity contribution in [2.45, 2.75) is 32.6 Å². The first-order chi connectivity index (χ1) is 11.4. The second-order valence-corrected chi connectivity index (χ2v) is 7.39. The van der Waals surface area contributed by atoms with Crippen molar-refractivity contribution in [3.63, 3.8) is 0 Å². The van der Waals surface area contributed by atoms with Crippen molar-refractivity contribution in [3.8, 4) is 0 Å². The highest BCUT2D eigenvalue weighted by molar-refractivity contribution is 5.79. The zero-order valence-electron chi connectivity index (χ0n) is 15.4. The molecule has 0 amide bonds. The fraction of sp³-hybridized carbons (Fsp3) is 0.632. The van der Waals surface area contributed by atoms with E-state index in [0.717, 1.165) is 31.2 Å². The van der Waals surface area contributed by atoms with E-state index < -0.39 is 0 Å². The molecule has 1 atom stereocenters. The van der Waals surface area contributed by atoms with Crippen molar-refractivity contribution in [2.24, 2.45) is 10.9 Å². The molecule has 1 aromatic carbocycles. The Kier molecular flexibility index (Phi) is 6.60. The van der Waals surface area contributed by atoms with Crippen LogP contribution in [0.2, 0.25) is 0 Å². The molecule has 1 saturated heterocycles. The van der Waals surface area contributed by atoms with Crippen molar-refractivity contribution >= 4 is 5.96 Å². The number of guanidine groups is 1. The second kappa shape index (κ2) is 8.47. The summed E-state index contributed by atoms with van der Waals surface area (Å²) in [7, 11) is 2.17. The second-order valence-electron chi connectivity index (χ2n) is 7.39. The van der Waals surface area contributed by atoms with Crippen LogP contribution >= 0.6 is 0 Å². The van der Waals surface area contributed by atoms with Crippen LogP contribution in [0.4, 0.5) is 4.39 Å². The first-order valence-corrected chi connectivity index (χ1v) is 8.87. The highest BCUT2D eigenvalue weighted by Crippen LogP contribution is 2.24. The molecule has 0 spiro atoms. The third-order valence-electron chi connectivity index (χ3n) is 4.63. The Balaban J connectivity index is 1.96. The predicted octanol–water partition coefficient (Wildman–Crippen LogP) is 2.61. The number of aliphatic imine (C=N–C) groups is 1. The first-order valence-electron chi connectivity index (χ1n) is 8.87. The summed E-state index contributed by atoms with van der Waals surface area (Å²) in [4.78, 5) is 7.09. The minimum Gasteiger partial charge on any atom is -0.357 e. The summed E-state index contributed by atoms with van der Waals surface area (Å²) in [5.41, 5.74) is 0.761. The summed E-state index contributed by atoms with van der Waals surface area (Å²) < 4.78 is 13.5. The smallest absolute Gasteiger partial charge is 0.191 e. The number of benzene rings is 1. The van der Waals surface area contributed by atoms with E-state index in [1.807, 2.05) is 6.07 Å². The van der Waals surface area contributed by atoms with Crippen LogP contribution in [0.5, 0.6) is 0 Å². The molecule has 4 nitrogen and oxygen atoms in total. The lowest BCUT2D eigenvalue weighted by Crippen LogP contribution is -2.41. The normalized spacial score (nSPS) is 19.5. The van der Waals surface area contributed by atoms with Crippen LogP contribution in [-0.2, 0) is 5.41 Å². The third kappa shape index (κ3) is 5.48. The zero-order valence-corrected chi connectivity index (χ0v) is 15.4. The molecule has 1 aromatic rings. The number of nitrogens with zero attached hydrogens (tertiary/aromatic N) is 2. The van der Waals surface area contributed by atoms with Crippen molar-refractivity contribution in [2.75, 3.05) is 39.8 Å². The molecule has 0 aliphatic carbocycles. The number of nitrogens with one attached hydrogen (secondary N) is 2. The maximum absolute atomic E-state index is 13.5. The number of likely N-dealkylation sites (tertiary alicyclic amines) is 1. The summed E-state index contributed by atoms with van der Waals surface area (Å²) in [6.07, 6.45) is 1.23. The molecule has 1 fully saturated rings. The van der Waals surface area contributed by atoms with Crippen molar-refractivity contribution in [1.82, 2.24) is 15.5 Å². The lowest BCUT2D eigenvalue weighted by molar-refractivity contribution is 0.393. The van der Waals surface area contributed by atoms with Crippen LogP contribution in [0, 0.1) is 11.7 Å². The topological polar surface area (TPSA) is 39.7 Å². The fourth-order valence-corrected chi connectivity index (χ4v) is 3.05. The van der Waals surface area contributed by atoms with Gasteiger partial charge in [-0.3, -0.25) is 4.99 Å². The summed E-state index contributed by atoms with van der Waals surface area (Å²) in [5, 5.41) is 6.76. The zero-order chi connectivity index (χ0) is 17.6. The molecule has 1 heterocycles. The lowest BCUT2D eigenvalue weighted by Gasteiger charge is -2.24. The van der Waals surface area contributed by atoms with Gasteiger partial charge in [0.2, 0.25) is 0 Å². The van der Waals surface area contributed by atoms with Crippen LogP contribution in [0.25, 0.3) is 0 Å². The van der Waals surface area contributed by atoms with Crippen LogP contribution in [0.3, 0.4) is 0 Å². The first kappa shape index (κ1) is 18.7. The van der Waals surface area contributed by atoms with E-state index in [1.54, 1.807) is 12.1 Å². The van der Waals surface area contributed by atoms with Gasteiger partial charge in [-0.05, 0) is 50.6 Å². The van der Waals surface area contributed by atoms with Gasteiger partial charge in [0, 0.05) is 25.0 Å². The number of rotatable bonds is 6. The molecular weight excluding hydrogens is 303 g/mol. The Bertz CT molecular complexity index is 556. The van der Waals surface area contributed by atoms with Crippen LogP contribution in [-0.4, -0.2) is 50.6 Å². The predicted molar refractivity (Wildman–Crippen MR) is 99.0 cm³/mol. The Morgan fingerprint density at radius 3 is 2.79 bits per heavy atom. The van der Waals surface area contributed by atoms with Crippen molar-refractivity contribution in [3.05, 3.63) is 35.6 Å². The molecule has 1 aliphatic heterocycles. The number of hydrogen-bond donors (Lipinski definition) is 2. The molecule has 2 rings (SSSR count). The Morgan fingerprint density at radius 1 is 1.38 bits per heavy atom. The summed E-state index contributed by atoms with van der Waals surface area (Å²) in [6.45, 7) is 11.0. The molecule has 0 bridgehead atoms. The lowest BCUT2D eigenvalue weighted by atomic mass is 9.85. The molecule has 5 heteroatoms. The molecule has 134 valence electrons. The minimum atomic E-state index is -0.210. The minimum absolute atomic E-state index is 0.195. The average molecular weight is 334 g/mol. The van der Waals surface area contributed by atoms with Gasteiger partial charge in [-0.1, -0.05) is 26.0 Å². The van der Waals surface area contributed by atoms with Gasteiger partial charge in [0.05, 0.1) is 6.54 Å². The molecule has 1 aliphatic rings. The van der Waals surface area contributed by atoms with Gasteiger partial charge in [0.1, 0.15) is 5.82 Å². The van der Waals surface area contributed by atoms with E-state index in [4.69, 9.17) is 4.99 Å². The summed E-state index contributed by atoms with van der Waals surface area (Å²) >= 11 is 0. The standard InChI is InChI=1S/C19H31FN4/c1-5-21-18(22-12-15-9-10-24(4)13-15)23-14-19(2,3)16-7-6-8-17(20)11-16/h6-8,11,15H,5,9-10,12-14H2,1-4H3,(H2,21,22,23). The Labute approximate surface area is 145 Å². The summed E-state index contributed by atoms with van der Waals surface area (Å²) in [6, 6.07) is 6.81. The quantitative estimate of drug-likeness (QED) is 0.620. The van der Waals surface area contributed by atoms with Crippen molar-refractivity contribution < 1.29 is 4.39 Å². The largest absolute Gasteiger partial charge is 0.357 e. The van der Waals surface area contributed by atoms with Gasteiger partial charge in [-0.25, -0.2) is 4.39 Å². The number of hydrogen-bond acceptors (Lipinski definition) is 2. The van der Waals surface area contributed by atoms with E-state index >= 15 is 0 Å². The van der Waals surface area contributed by atoms with Gasteiger partial charge in [0.25, 0.3) is 0 Å². The average Bonchev–Trinajstić information content (AvgIpc) is 2.95. The van der Waals surface area contributed by atoms with Gasteiger partial charge in [0.15, 0.2) is 5.96 Å². The van der Waals surface area contributed by atoms with Crippen LogP contribution in [0.1, 0.15) is 32.8 Å². The SMILES string of the molecule is CCNC(=NCC(C)(C)c1cccc(F)c1)NCC1CCN(C)C1. The molecule has 24 heavy (non-hydrogen) atoms. The molecule has 0 aromatic heterocycles. The van der Waals surface area contributed by atoms with Crippen LogP contribution in [0.15, 0.2) is 29.3 Å². The molecule has 2 N–H and O–H groups in total. The molecule has 0 radical (unpaired) electrons. The van der Waals surface area contributed by atoms with E-state index in [9.17, 15) is 4.39 Å². The maximum Gasteiger partial charge on any atom is 0.191 e. The van der Waals surface area contributed by atoms with Gasteiger partial charge in [-0.15, -0.1) is 0 Å². The van der Waals surface area contributed by atoms with Gasteiger partial charge >= 0.3 is 0 Å². The molecule has 1 unspecified atom stereocenters. The monoisotopic (exact) mass is 334 g/mol. The maximum atomic E-state index is 13.5. The van der Waals surface area contributed by atoms with E-state index in [1.165, 1.54) is 19.0 Å². The Hall–Kier alpha value is -1.62. The summed E-state index contributed by atoms with van der Waals surface area (Å²) in [5.74, 6) is 1.33. The van der Waals surface area contributed by atoms with Gasteiger partial charge < -0.3 is 15.5 Å². The fourth-order valence-electron chi connectivity index (χ4n) is 3.05. The van der Waals surface area contributed by atoms with E-state index in [2.05, 4.69) is 43.4 Å². The third-order valence-corrected chi connectivity index (χ3v) is 4.63. The molecular formula is C19H31FN4. The highest BCUT2D eigenvalue weighted by Gasteiger charge is 2.22. The van der Waals surface area contributed by atoms with E-state index in [0.29, 0.717) is 12.5 Å². The van der Waals surface area contributed by atoms with E-state index in [-0.39, 0.29) is 11.2 Å². The molecule has 0 saturated carbocycles. The Morgan fingerprint density at radius 2 is 2.17 bits per heavy atom. The highest BCUT2D eigenvalue weighted by atomic mass is 19.1. The van der Waals surface area contributed by atoms with Crippen LogP contribution < -0.4 is 10.6 Å². The number of halogens is 1. The van der Waals surface area contributed by atoms with Gasteiger partial charge in [-0.2, -0.15) is 0 Å².